The van der Waals surface area contributed by atoms with E-state index in [-0.39, 0.29) is 11.8 Å². The van der Waals surface area contributed by atoms with E-state index in [1.807, 2.05) is 4.90 Å². The summed E-state index contributed by atoms with van der Waals surface area (Å²) in [7, 11) is 0. The molecule has 88 valence electrons. The van der Waals surface area contributed by atoms with E-state index in [9.17, 15) is 4.79 Å². The average molecular weight is 251 g/mol. The second kappa shape index (κ2) is 3.74. The number of oxime groups is 1. The Morgan fingerprint density at radius 2 is 2.29 bits per heavy atom. The van der Waals surface area contributed by atoms with Crippen molar-refractivity contribution in [1.82, 2.24) is 4.90 Å². The molecule has 0 aromatic heterocycles. The van der Waals surface area contributed by atoms with Crippen molar-refractivity contribution in [3.05, 3.63) is 34.3 Å². The number of Topliss-reactive ketones (excluding diaryl/α,β-unsaturated/α-hetero) is 1. The number of ketones is 1. The molecule has 0 aliphatic carbocycles. The molecule has 3 rings (SSSR count). The first kappa shape index (κ1) is 10.6. The van der Waals surface area contributed by atoms with Crippen LogP contribution in [0.4, 0.5) is 0 Å². The lowest BCUT2D eigenvalue weighted by Crippen LogP contribution is -2.42. The largest absolute Gasteiger partial charge is 0.409 e. The Morgan fingerprint density at radius 3 is 3.06 bits per heavy atom. The maximum absolute atomic E-state index is 12.2. The molecule has 17 heavy (non-hydrogen) atoms. The van der Waals surface area contributed by atoms with Gasteiger partial charge in [-0.15, -0.1) is 0 Å². The Balaban J connectivity index is 2.08. The quantitative estimate of drug-likeness (QED) is 0.568. The molecule has 1 saturated heterocycles. The molecule has 2 heterocycles. The molecule has 1 aromatic rings. The van der Waals surface area contributed by atoms with Crippen molar-refractivity contribution in [3.63, 3.8) is 0 Å². The average Bonchev–Trinajstić information content (AvgIpc) is 2.72. The Hall–Kier alpha value is -1.55. The first-order valence-corrected chi connectivity index (χ1v) is 5.88. The van der Waals surface area contributed by atoms with Gasteiger partial charge in [-0.2, -0.15) is 0 Å². The van der Waals surface area contributed by atoms with Crippen LogP contribution in [-0.4, -0.2) is 27.8 Å². The highest BCUT2D eigenvalue weighted by Gasteiger charge is 2.39. The Bertz CT molecular complexity index is 527. The first-order valence-electron chi connectivity index (χ1n) is 5.51. The number of carbonyl (C=O) groups excluding carboxylic acids is 1. The monoisotopic (exact) mass is 250 g/mol. The molecule has 1 unspecified atom stereocenters. The number of rotatable bonds is 0. The van der Waals surface area contributed by atoms with Crippen molar-refractivity contribution in [3.8, 4) is 0 Å². The van der Waals surface area contributed by atoms with Gasteiger partial charge in [0.2, 0.25) is 0 Å². The minimum Gasteiger partial charge on any atom is -0.409 e. The summed E-state index contributed by atoms with van der Waals surface area (Å²) in [6, 6.07) is 5.16. The van der Waals surface area contributed by atoms with Crippen LogP contribution >= 0.6 is 11.6 Å². The van der Waals surface area contributed by atoms with Gasteiger partial charge in [0.25, 0.3) is 0 Å². The number of amidine groups is 1. The van der Waals surface area contributed by atoms with Crippen LogP contribution in [0.15, 0.2) is 23.4 Å². The standard InChI is InChI=1S/C12H11ClN2O2/c13-8-1-2-9-7(5-8)6-15-10(12(9)16)3-4-11(15)14-17/h1-2,5,10,17H,3-4,6H2. The number of halogens is 1. The molecule has 2 aliphatic heterocycles. The Labute approximate surface area is 103 Å². The normalized spacial score (nSPS) is 25.0. The van der Waals surface area contributed by atoms with Gasteiger partial charge in [-0.05, 0) is 30.2 Å². The molecule has 0 radical (unpaired) electrons. The SMILES string of the molecule is O=C1c2ccc(Cl)cc2CN2C(=NO)CCC12. The van der Waals surface area contributed by atoms with Crippen LogP contribution in [0.5, 0.6) is 0 Å². The zero-order valence-electron chi connectivity index (χ0n) is 9.06. The van der Waals surface area contributed by atoms with Crippen LogP contribution in [0.25, 0.3) is 0 Å². The van der Waals surface area contributed by atoms with E-state index in [4.69, 9.17) is 16.8 Å². The van der Waals surface area contributed by atoms with E-state index < -0.39 is 0 Å². The minimum absolute atomic E-state index is 0.0987. The summed E-state index contributed by atoms with van der Waals surface area (Å²) < 4.78 is 0. The fraction of sp³-hybridized carbons (Fsp3) is 0.333. The van der Waals surface area contributed by atoms with Crippen LogP contribution in [0, 0.1) is 0 Å². The lowest BCUT2D eigenvalue weighted by atomic mass is 9.93. The van der Waals surface area contributed by atoms with Crippen molar-refractivity contribution >= 4 is 23.2 Å². The van der Waals surface area contributed by atoms with Crippen LogP contribution in [0.3, 0.4) is 0 Å². The second-order valence-electron chi connectivity index (χ2n) is 4.36. The summed E-state index contributed by atoms with van der Waals surface area (Å²) in [6.45, 7) is 0.589. The lowest BCUT2D eigenvalue weighted by molar-refractivity contribution is 0.0872. The van der Waals surface area contributed by atoms with Gasteiger partial charge >= 0.3 is 0 Å². The molecule has 0 spiro atoms. The van der Waals surface area contributed by atoms with Gasteiger partial charge in [0.1, 0.15) is 5.84 Å². The molecule has 1 aromatic carbocycles. The van der Waals surface area contributed by atoms with Gasteiger partial charge in [0.15, 0.2) is 5.78 Å². The van der Waals surface area contributed by atoms with E-state index in [1.54, 1.807) is 18.2 Å². The van der Waals surface area contributed by atoms with Crippen LogP contribution in [0.2, 0.25) is 5.02 Å². The zero-order chi connectivity index (χ0) is 12.0. The summed E-state index contributed by atoms with van der Waals surface area (Å²) >= 11 is 5.93. The van der Waals surface area contributed by atoms with Crippen molar-refractivity contribution in [2.24, 2.45) is 5.16 Å². The van der Waals surface area contributed by atoms with Crippen molar-refractivity contribution in [2.45, 2.75) is 25.4 Å². The Kier molecular flexibility index (Phi) is 2.33. The third-order valence-electron chi connectivity index (χ3n) is 3.44. The molecule has 1 fully saturated rings. The predicted molar refractivity (Wildman–Crippen MR) is 63.6 cm³/mol. The summed E-state index contributed by atoms with van der Waals surface area (Å²) in [5.74, 6) is 0.690. The number of carbonyl (C=O) groups is 1. The predicted octanol–water partition coefficient (Wildman–Crippen LogP) is 2.29. The zero-order valence-corrected chi connectivity index (χ0v) is 9.81. The second-order valence-corrected chi connectivity index (χ2v) is 4.80. The van der Waals surface area contributed by atoms with Gasteiger partial charge < -0.3 is 10.1 Å². The fourth-order valence-electron chi connectivity index (χ4n) is 2.62. The summed E-state index contributed by atoms with van der Waals surface area (Å²) in [6.07, 6.45) is 1.37. The minimum atomic E-state index is -0.172. The van der Waals surface area contributed by atoms with E-state index in [1.165, 1.54) is 0 Å². The highest BCUT2D eigenvalue weighted by Crippen LogP contribution is 2.32. The van der Waals surface area contributed by atoms with Gasteiger partial charge in [-0.1, -0.05) is 16.8 Å². The third-order valence-corrected chi connectivity index (χ3v) is 3.68. The molecule has 0 saturated carbocycles. The summed E-state index contributed by atoms with van der Waals surface area (Å²) in [5, 5.41) is 12.8. The number of nitrogens with zero attached hydrogens (tertiary/aromatic N) is 2. The van der Waals surface area contributed by atoms with Gasteiger partial charge in [-0.3, -0.25) is 4.79 Å². The van der Waals surface area contributed by atoms with Crippen molar-refractivity contribution < 1.29 is 10.0 Å². The van der Waals surface area contributed by atoms with E-state index in [0.29, 0.717) is 23.8 Å². The number of hydrogen-bond acceptors (Lipinski definition) is 3. The summed E-state index contributed by atoms with van der Waals surface area (Å²) in [4.78, 5) is 14.1. The fourth-order valence-corrected chi connectivity index (χ4v) is 2.82. The maximum Gasteiger partial charge on any atom is 0.185 e. The maximum atomic E-state index is 12.2. The van der Waals surface area contributed by atoms with Crippen LogP contribution in [-0.2, 0) is 6.54 Å². The lowest BCUT2D eigenvalue weighted by Gasteiger charge is -2.31. The molecule has 2 aliphatic rings. The topological polar surface area (TPSA) is 52.9 Å². The first-order chi connectivity index (χ1) is 8.20. The molecule has 1 atom stereocenters. The smallest absolute Gasteiger partial charge is 0.185 e. The molecule has 5 heteroatoms. The van der Waals surface area contributed by atoms with Gasteiger partial charge in [0.05, 0.1) is 6.04 Å². The highest BCUT2D eigenvalue weighted by molar-refractivity contribution is 6.30. The molecule has 0 amide bonds. The number of benzene rings is 1. The van der Waals surface area contributed by atoms with E-state index in [2.05, 4.69) is 5.16 Å². The molecular formula is C12H11ClN2O2. The molecule has 0 bridgehead atoms. The number of hydrogen-bond donors (Lipinski definition) is 1. The van der Waals surface area contributed by atoms with Crippen LogP contribution < -0.4 is 0 Å². The summed E-state index contributed by atoms with van der Waals surface area (Å²) in [5.41, 5.74) is 1.65. The van der Waals surface area contributed by atoms with Crippen molar-refractivity contribution in [2.75, 3.05) is 0 Å². The third kappa shape index (κ3) is 1.52. The Morgan fingerprint density at radius 1 is 1.47 bits per heavy atom. The van der Waals surface area contributed by atoms with Crippen LogP contribution in [0.1, 0.15) is 28.8 Å². The molecule has 4 nitrogen and oxygen atoms in total. The highest BCUT2D eigenvalue weighted by atomic mass is 35.5. The van der Waals surface area contributed by atoms with E-state index >= 15 is 0 Å². The molecule has 1 N–H and O–H groups in total. The van der Waals surface area contributed by atoms with Gasteiger partial charge in [-0.25, -0.2) is 0 Å². The van der Waals surface area contributed by atoms with Gasteiger partial charge in [0, 0.05) is 23.6 Å². The molecular weight excluding hydrogens is 240 g/mol. The van der Waals surface area contributed by atoms with Crippen molar-refractivity contribution in [1.29, 1.82) is 0 Å². The number of fused-ring (bicyclic) bond motifs is 2. The van der Waals surface area contributed by atoms with E-state index in [0.717, 1.165) is 17.5 Å².